The third-order valence-electron chi connectivity index (χ3n) is 5.37. The van der Waals surface area contributed by atoms with E-state index in [2.05, 4.69) is 15.3 Å². The van der Waals surface area contributed by atoms with Crippen LogP contribution in [0.2, 0.25) is 0 Å². The molecule has 2 aromatic rings. The topological polar surface area (TPSA) is 179 Å². The normalized spacial score (nSPS) is 19.5. The number of aromatic carboxylic acids is 1. The van der Waals surface area contributed by atoms with Crippen LogP contribution < -0.4 is 15.6 Å². The summed E-state index contributed by atoms with van der Waals surface area (Å²) in [5.74, 6) is -2.11. The number of hydrogen-bond donors (Lipinski definition) is 7. The molecule has 3 rings (SSSR count). The number of pyridine rings is 2. The minimum absolute atomic E-state index is 0.0389. The number of hydrogen-bond acceptors (Lipinski definition) is 9. The quantitative estimate of drug-likeness (QED) is 0.240. The maximum Gasteiger partial charge on any atom is 0.341 e. The van der Waals surface area contributed by atoms with Gasteiger partial charge in [0.1, 0.15) is 23.4 Å². The Labute approximate surface area is 175 Å². The van der Waals surface area contributed by atoms with Gasteiger partial charge in [0.2, 0.25) is 5.43 Å². The lowest BCUT2D eigenvalue weighted by molar-refractivity contribution is -0.0779. The van der Waals surface area contributed by atoms with Gasteiger partial charge in [-0.2, -0.15) is 0 Å². The number of carbonyl (C=O) groups is 1. The Bertz CT molecular complexity index is 1000. The molecule has 4 atom stereocenters. The zero-order valence-electron chi connectivity index (χ0n) is 16.5. The van der Waals surface area contributed by atoms with Crippen LogP contribution in [0.1, 0.15) is 23.2 Å². The first-order valence-electron chi connectivity index (χ1n) is 9.81. The average molecular weight is 440 g/mol. The number of fused-ring (bicyclic) bond motifs is 1. The SMILES string of the molecule is O=C(O)c1c[nH]c2nc(N3CCC(NCC[C@@H](O)[C@H](O)[C@H](O)CO)C3)c(F)cc2c1=O. The van der Waals surface area contributed by atoms with Crippen LogP contribution in [0.3, 0.4) is 0 Å². The molecular weight excluding hydrogens is 415 g/mol. The maximum absolute atomic E-state index is 14.6. The summed E-state index contributed by atoms with van der Waals surface area (Å²) in [6.07, 6.45) is -2.25. The lowest BCUT2D eigenvalue weighted by atomic mass is 10.1. The number of nitrogens with zero attached hydrogens (tertiary/aromatic N) is 2. The zero-order valence-corrected chi connectivity index (χ0v) is 16.5. The number of aliphatic hydroxyl groups excluding tert-OH is 4. The van der Waals surface area contributed by atoms with Crippen molar-refractivity contribution in [3.63, 3.8) is 0 Å². The smallest absolute Gasteiger partial charge is 0.341 e. The molecule has 0 saturated carbocycles. The fraction of sp³-hybridized carbons (Fsp3) is 0.526. The van der Waals surface area contributed by atoms with Gasteiger partial charge in [-0.15, -0.1) is 0 Å². The van der Waals surface area contributed by atoms with Gasteiger partial charge < -0.3 is 40.7 Å². The lowest BCUT2D eigenvalue weighted by Crippen LogP contribution is -2.42. The van der Waals surface area contributed by atoms with E-state index in [9.17, 15) is 29.3 Å². The number of carboxylic acid groups (broad SMARTS) is 1. The Morgan fingerprint density at radius 2 is 2.10 bits per heavy atom. The number of carboxylic acids is 1. The molecular formula is C19H25FN4O7. The molecule has 7 N–H and O–H groups in total. The van der Waals surface area contributed by atoms with Crippen molar-refractivity contribution in [3.05, 3.63) is 33.9 Å². The van der Waals surface area contributed by atoms with Crippen LogP contribution in [0.15, 0.2) is 17.1 Å². The predicted octanol–water partition coefficient (Wildman–Crippen LogP) is -1.61. The van der Waals surface area contributed by atoms with Crippen molar-refractivity contribution in [2.75, 3.05) is 31.1 Å². The minimum Gasteiger partial charge on any atom is -0.477 e. The summed E-state index contributed by atoms with van der Waals surface area (Å²) in [6, 6.07) is 0.936. The van der Waals surface area contributed by atoms with E-state index in [0.29, 0.717) is 26.1 Å². The average Bonchev–Trinajstić information content (AvgIpc) is 3.21. The number of aliphatic hydroxyl groups is 4. The second-order valence-corrected chi connectivity index (χ2v) is 7.51. The van der Waals surface area contributed by atoms with Gasteiger partial charge in [0.15, 0.2) is 11.6 Å². The molecule has 0 aromatic carbocycles. The second-order valence-electron chi connectivity index (χ2n) is 7.51. The lowest BCUT2D eigenvalue weighted by Gasteiger charge is -2.22. The fourth-order valence-corrected chi connectivity index (χ4v) is 3.58. The van der Waals surface area contributed by atoms with E-state index in [1.807, 2.05) is 0 Å². The first-order valence-corrected chi connectivity index (χ1v) is 9.81. The molecule has 3 heterocycles. The molecule has 11 nitrogen and oxygen atoms in total. The van der Waals surface area contributed by atoms with Crippen LogP contribution in [0.4, 0.5) is 10.2 Å². The van der Waals surface area contributed by atoms with E-state index >= 15 is 0 Å². The number of rotatable bonds is 9. The van der Waals surface area contributed by atoms with E-state index < -0.39 is 47.7 Å². The highest BCUT2D eigenvalue weighted by Crippen LogP contribution is 2.24. The third kappa shape index (κ3) is 4.99. The van der Waals surface area contributed by atoms with Gasteiger partial charge in [0.05, 0.1) is 18.1 Å². The number of halogens is 1. The Balaban J connectivity index is 1.63. The standard InChI is InChI=1S/C19H25FN4O7/c20-12-5-10-15(28)11(19(30)31)6-22-17(10)23-18(12)24-4-2-9(7-24)21-3-1-13(26)16(29)14(27)8-25/h5-6,9,13-14,16,21,25-27,29H,1-4,7-8H2,(H,30,31)(H,22,23,28)/t9?,13-,14-,16+/m1/s1. The van der Waals surface area contributed by atoms with Crippen LogP contribution in [-0.4, -0.2) is 92.1 Å². The molecule has 1 saturated heterocycles. The van der Waals surface area contributed by atoms with Crippen LogP contribution in [0, 0.1) is 5.82 Å². The molecule has 1 fully saturated rings. The number of aromatic amines is 1. The van der Waals surface area contributed by atoms with Crippen molar-refractivity contribution in [1.82, 2.24) is 15.3 Å². The van der Waals surface area contributed by atoms with Crippen LogP contribution in [0.25, 0.3) is 11.0 Å². The van der Waals surface area contributed by atoms with Gasteiger partial charge in [0.25, 0.3) is 0 Å². The van der Waals surface area contributed by atoms with Crippen molar-refractivity contribution >= 4 is 22.8 Å². The van der Waals surface area contributed by atoms with Crippen molar-refractivity contribution in [3.8, 4) is 0 Å². The van der Waals surface area contributed by atoms with Gasteiger partial charge in [-0.3, -0.25) is 4.79 Å². The third-order valence-corrected chi connectivity index (χ3v) is 5.37. The molecule has 0 radical (unpaired) electrons. The Hall–Kier alpha value is -2.64. The van der Waals surface area contributed by atoms with Crippen LogP contribution in [0.5, 0.6) is 0 Å². The highest BCUT2D eigenvalue weighted by Gasteiger charge is 2.28. The summed E-state index contributed by atoms with van der Waals surface area (Å²) in [5.41, 5.74) is -1.22. The molecule has 0 bridgehead atoms. The molecule has 170 valence electrons. The molecule has 1 unspecified atom stereocenters. The maximum atomic E-state index is 14.6. The molecule has 1 aliphatic heterocycles. The van der Waals surface area contributed by atoms with Crippen molar-refractivity contribution in [2.45, 2.75) is 37.2 Å². The molecule has 0 amide bonds. The summed E-state index contributed by atoms with van der Waals surface area (Å²) >= 11 is 0. The van der Waals surface area contributed by atoms with E-state index in [1.165, 1.54) is 0 Å². The van der Waals surface area contributed by atoms with Crippen molar-refractivity contribution < 1.29 is 34.7 Å². The molecule has 31 heavy (non-hydrogen) atoms. The molecule has 0 spiro atoms. The largest absolute Gasteiger partial charge is 0.477 e. The fourth-order valence-electron chi connectivity index (χ4n) is 3.58. The minimum atomic E-state index is -1.45. The van der Waals surface area contributed by atoms with E-state index in [0.717, 1.165) is 12.3 Å². The summed E-state index contributed by atoms with van der Waals surface area (Å²) in [5, 5.41) is 49.7. The predicted molar refractivity (Wildman–Crippen MR) is 108 cm³/mol. The van der Waals surface area contributed by atoms with E-state index in [1.54, 1.807) is 4.90 Å². The highest BCUT2D eigenvalue weighted by molar-refractivity contribution is 5.91. The number of H-pyrrole nitrogens is 1. The molecule has 1 aliphatic rings. The first kappa shape index (κ1) is 23.0. The molecule has 12 heteroatoms. The van der Waals surface area contributed by atoms with Crippen molar-refractivity contribution in [2.24, 2.45) is 0 Å². The van der Waals surface area contributed by atoms with Gasteiger partial charge >= 0.3 is 5.97 Å². The van der Waals surface area contributed by atoms with Gasteiger partial charge in [-0.1, -0.05) is 0 Å². The Morgan fingerprint density at radius 1 is 1.35 bits per heavy atom. The second kappa shape index (κ2) is 9.66. The van der Waals surface area contributed by atoms with E-state index in [4.69, 9.17) is 10.2 Å². The zero-order chi connectivity index (χ0) is 22.7. The number of anilines is 1. The molecule has 0 aliphatic carbocycles. The molecule has 2 aromatic heterocycles. The summed E-state index contributed by atoms with van der Waals surface area (Å²) < 4.78 is 14.6. The highest BCUT2D eigenvalue weighted by atomic mass is 19.1. The van der Waals surface area contributed by atoms with Crippen LogP contribution >= 0.6 is 0 Å². The Morgan fingerprint density at radius 3 is 2.77 bits per heavy atom. The van der Waals surface area contributed by atoms with Gasteiger partial charge in [-0.25, -0.2) is 14.2 Å². The first-order chi connectivity index (χ1) is 14.7. The summed E-state index contributed by atoms with van der Waals surface area (Å²) in [4.78, 5) is 31.7. The van der Waals surface area contributed by atoms with E-state index in [-0.39, 0.29) is 29.3 Å². The summed E-state index contributed by atoms with van der Waals surface area (Å²) in [6.45, 7) is 0.563. The van der Waals surface area contributed by atoms with Gasteiger partial charge in [-0.05, 0) is 25.5 Å². The van der Waals surface area contributed by atoms with Crippen LogP contribution in [-0.2, 0) is 0 Å². The van der Waals surface area contributed by atoms with Crippen molar-refractivity contribution in [1.29, 1.82) is 0 Å². The number of aromatic nitrogens is 2. The summed E-state index contributed by atoms with van der Waals surface area (Å²) in [7, 11) is 0. The Kier molecular flexibility index (Phi) is 7.18. The number of nitrogens with one attached hydrogen (secondary N) is 2. The van der Waals surface area contributed by atoms with Gasteiger partial charge in [0, 0.05) is 25.3 Å². The monoisotopic (exact) mass is 440 g/mol.